The lowest BCUT2D eigenvalue weighted by Crippen LogP contribution is -2.46. The maximum atomic E-state index is 12.2. The van der Waals surface area contributed by atoms with E-state index in [9.17, 15) is 4.79 Å². The highest BCUT2D eigenvalue weighted by Gasteiger charge is 2.19. The molecule has 1 saturated heterocycles. The molecule has 2 heterocycles. The Balaban J connectivity index is 1.27. The third kappa shape index (κ3) is 5.55. The van der Waals surface area contributed by atoms with Crippen LogP contribution >= 0.6 is 11.8 Å². The molecule has 160 valence electrons. The highest BCUT2D eigenvalue weighted by molar-refractivity contribution is 7.99. The molecule has 0 aliphatic carbocycles. The molecule has 4 rings (SSSR count). The van der Waals surface area contributed by atoms with Crippen LogP contribution in [0.2, 0.25) is 0 Å². The Bertz CT molecular complexity index is 1030. The lowest BCUT2D eigenvalue weighted by atomic mass is 10.2. The molecular weight excluding hydrogens is 406 g/mol. The van der Waals surface area contributed by atoms with Crippen LogP contribution in [0.15, 0.2) is 65.7 Å². The van der Waals surface area contributed by atoms with Gasteiger partial charge in [0.05, 0.1) is 5.75 Å². The summed E-state index contributed by atoms with van der Waals surface area (Å²) in [5, 5.41) is 12.4. The molecule has 1 aromatic heterocycles. The van der Waals surface area contributed by atoms with Crippen LogP contribution < -0.4 is 15.1 Å². The second-order valence-electron chi connectivity index (χ2n) is 7.69. The van der Waals surface area contributed by atoms with Crippen molar-refractivity contribution in [2.45, 2.75) is 18.9 Å². The van der Waals surface area contributed by atoms with E-state index < -0.39 is 0 Å². The lowest BCUT2D eigenvalue weighted by molar-refractivity contribution is -0.113. The Kier molecular flexibility index (Phi) is 6.72. The van der Waals surface area contributed by atoms with Crippen LogP contribution in [-0.4, -0.2) is 48.0 Å². The van der Waals surface area contributed by atoms with Gasteiger partial charge in [-0.25, -0.2) is 0 Å². The van der Waals surface area contributed by atoms with Crippen molar-refractivity contribution >= 4 is 34.9 Å². The molecule has 0 spiro atoms. The zero-order valence-corrected chi connectivity index (χ0v) is 18.7. The molecule has 1 N–H and O–H groups in total. The second kappa shape index (κ2) is 9.83. The maximum Gasteiger partial charge on any atom is 0.234 e. The Hall–Kier alpha value is -3.06. The Morgan fingerprint density at radius 1 is 0.935 bits per heavy atom. The largest absolute Gasteiger partial charge is 0.368 e. The third-order valence-electron chi connectivity index (χ3n) is 5.37. The first-order valence-corrected chi connectivity index (χ1v) is 11.5. The SMILES string of the molecule is Cc1cccc(N2CCN(c3ccc(SCC(=O)Nc4ccccc4C)nn3)CC2)c1. The molecule has 1 aliphatic heterocycles. The molecule has 7 heteroatoms. The minimum Gasteiger partial charge on any atom is -0.368 e. The monoisotopic (exact) mass is 433 g/mol. The number of para-hydroxylation sites is 1. The van der Waals surface area contributed by atoms with Crippen molar-refractivity contribution in [2.75, 3.05) is 47.0 Å². The lowest BCUT2D eigenvalue weighted by Gasteiger charge is -2.36. The minimum absolute atomic E-state index is 0.0440. The smallest absolute Gasteiger partial charge is 0.234 e. The fourth-order valence-electron chi connectivity index (χ4n) is 3.62. The van der Waals surface area contributed by atoms with Crippen molar-refractivity contribution in [3.63, 3.8) is 0 Å². The van der Waals surface area contributed by atoms with E-state index in [1.54, 1.807) is 0 Å². The second-order valence-corrected chi connectivity index (χ2v) is 8.69. The van der Waals surface area contributed by atoms with Gasteiger partial charge in [-0.1, -0.05) is 42.1 Å². The summed E-state index contributed by atoms with van der Waals surface area (Å²) < 4.78 is 0. The van der Waals surface area contributed by atoms with Gasteiger partial charge in [-0.05, 0) is 55.3 Å². The van der Waals surface area contributed by atoms with Gasteiger partial charge in [0.1, 0.15) is 5.03 Å². The summed E-state index contributed by atoms with van der Waals surface area (Å²) in [6.45, 7) is 7.85. The Morgan fingerprint density at radius 2 is 1.71 bits per heavy atom. The van der Waals surface area contributed by atoms with Crippen LogP contribution in [0.5, 0.6) is 0 Å². The number of rotatable bonds is 6. The molecule has 3 aromatic rings. The van der Waals surface area contributed by atoms with E-state index in [1.165, 1.54) is 23.0 Å². The van der Waals surface area contributed by atoms with Crippen molar-refractivity contribution in [3.05, 3.63) is 71.8 Å². The van der Waals surface area contributed by atoms with Crippen LogP contribution in [0, 0.1) is 13.8 Å². The number of nitrogens with zero attached hydrogens (tertiary/aromatic N) is 4. The number of anilines is 3. The summed E-state index contributed by atoms with van der Waals surface area (Å²) in [5.41, 5.74) is 4.46. The average molecular weight is 434 g/mol. The summed E-state index contributed by atoms with van der Waals surface area (Å²) >= 11 is 1.40. The summed E-state index contributed by atoms with van der Waals surface area (Å²) in [7, 11) is 0. The molecule has 0 saturated carbocycles. The van der Waals surface area contributed by atoms with Crippen molar-refractivity contribution in [1.29, 1.82) is 0 Å². The summed E-state index contributed by atoms with van der Waals surface area (Å²) in [6.07, 6.45) is 0. The van der Waals surface area contributed by atoms with Gasteiger partial charge in [-0.3, -0.25) is 4.79 Å². The molecule has 0 radical (unpaired) electrons. The van der Waals surface area contributed by atoms with Crippen LogP contribution in [0.4, 0.5) is 17.2 Å². The number of piperazine rings is 1. The van der Waals surface area contributed by atoms with Crippen molar-refractivity contribution in [2.24, 2.45) is 0 Å². The molecule has 6 nitrogen and oxygen atoms in total. The number of hydrogen-bond acceptors (Lipinski definition) is 6. The normalized spacial score (nSPS) is 13.9. The number of benzene rings is 2. The van der Waals surface area contributed by atoms with Gasteiger partial charge >= 0.3 is 0 Å². The van der Waals surface area contributed by atoms with Crippen LogP contribution in [0.25, 0.3) is 0 Å². The fraction of sp³-hybridized carbons (Fsp3) is 0.292. The first-order valence-electron chi connectivity index (χ1n) is 10.5. The molecular formula is C24H27N5OS. The average Bonchev–Trinajstić information content (AvgIpc) is 2.80. The van der Waals surface area contributed by atoms with Crippen LogP contribution in [0.1, 0.15) is 11.1 Å². The number of carbonyl (C=O) groups excluding carboxylic acids is 1. The van der Waals surface area contributed by atoms with Gasteiger partial charge in [0.25, 0.3) is 0 Å². The number of carbonyl (C=O) groups is 1. The van der Waals surface area contributed by atoms with Gasteiger partial charge in [0, 0.05) is 37.6 Å². The van der Waals surface area contributed by atoms with Gasteiger partial charge in [0.15, 0.2) is 5.82 Å². The molecule has 31 heavy (non-hydrogen) atoms. The van der Waals surface area contributed by atoms with Crippen LogP contribution in [0.3, 0.4) is 0 Å². The molecule has 1 amide bonds. The van der Waals surface area contributed by atoms with Crippen LogP contribution in [-0.2, 0) is 4.79 Å². The van der Waals surface area contributed by atoms with E-state index in [1.807, 2.05) is 43.3 Å². The Labute approximate surface area is 187 Å². The van der Waals surface area contributed by atoms with E-state index in [0.717, 1.165) is 48.3 Å². The number of aromatic nitrogens is 2. The van der Waals surface area contributed by atoms with E-state index in [0.29, 0.717) is 5.75 Å². The van der Waals surface area contributed by atoms with Crippen molar-refractivity contribution in [1.82, 2.24) is 10.2 Å². The summed E-state index contributed by atoms with van der Waals surface area (Å²) in [6, 6.07) is 20.3. The van der Waals surface area contributed by atoms with E-state index in [4.69, 9.17) is 0 Å². The van der Waals surface area contributed by atoms with Gasteiger partial charge in [-0.2, -0.15) is 0 Å². The summed E-state index contributed by atoms with van der Waals surface area (Å²) in [5.74, 6) is 1.15. The molecule has 0 bridgehead atoms. The number of aryl methyl sites for hydroxylation is 2. The van der Waals surface area contributed by atoms with Gasteiger partial charge in [0.2, 0.25) is 5.91 Å². The predicted molar refractivity (Wildman–Crippen MR) is 128 cm³/mol. The summed E-state index contributed by atoms with van der Waals surface area (Å²) in [4.78, 5) is 16.9. The predicted octanol–water partition coefficient (Wildman–Crippen LogP) is 4.15. The first-order chi connectivity index (χ1) is 15.1. The number of nitrogens with one attached hydrogen (secondary N) is 1. The molecule has 1 fully saturated rings. The zero-order valence-electron chi connectivity index (χ0n) is 17.9. The minimum atomic E-state index is -0.0440. The fourth-order valence-corrected chi connectivity index (χ4v) is 4.23. The maximum absolute atomic E-state index is 12.2. The highest BCUT2D eigenvalue weighted by atomic mass is 32.2. The molecule has 1 aliphatic rings. The molecule has 0 unspecified atom stereocenters. The zero-order chi connectivity index (χ0) is 21.6. The van der Waals surface area contributed by atoms with E-state index in [2.05, 4.69) is 56.5 Å². The number of thioether (sulfide) groups is 1. The molecule has 2 aromatic carbocycles. The molecule has 0 atom stereocenters. The number of amides is 1. The number of hydrogen-bond donors (Lipinski definition) is 1. The van der Waals surface area contributed by atoms with E-state index >= 15 is 0 Å². The standard InChI is InChI=1S/C24H27N5OS/c1-18-6-5-8-20(16-18)28-12-14-29(15-13-28)22-10-11-24(27-26-22)31-17-23(30)25-21-9-4-3-7-19(21)2/h3-11,16H,12-15,17H2,1-2H3,(H,25,30). The first kappa shape index (κ1) is 21.2. The highest BCUT2D eigenvalue weighted by Crippen LogP contribution is 2.22. The Morgan fingerprint density at radius 3 is 2.42 bits per heavy atom. The van der Waals surface area contributed by atoms with Crippen molar-refractivity contribution < 1.29 is 4.79 Å². The van der Waals surface area contributed by atoms with E-state index in [-0.39, 0.29) is 5.91 Å². The van der Waals surface area contributed by atoms with Gasteiger partial charge < -0.3 is 15.1 Å². The quantitative estimate of drug-likeness (QED) is 0.589. The third-order valence-corrected chi connectivity index (χ3v) is 6.29. The van der Waals surface area contributed by atoms with Gasteiger partial charge in [-0.15, -0.1) is 10.2 Å². The topological polar surface area (TPSA) is 61.4 Å². The van der Waals surface area contributed by atoms with Crippen molar-refractivity contribution in [3.8, 4) is 0 Å².